The summed E-state index contributed by atoms with van der Waals surface area (Å²) in [4.78, 5) is 24.7. The normalized spacial score (nSPS) is 10.2. The number of thiophene rings is 1. The minimum absolute atomic E-state index is 0.141. The van der Waals surface area contributed by atoms with E-state index in [-0.39, 0.29) is 11.8 Å². The molecule has 0 spiro atoms. The van der Waals surface area contributed by atoms with Gasteiger partial charge in [-0.15, -0.1) is 11.3 Å². The molecule has 1 aromatic heterocycles. The number of carbonyl (C=O) groups is 2. The summed E-state index contributed by atoms with van der Waals surface area (Å²) in [6.45, 7) is 5.99. The van der Waals surface area contributed by atoms with Crippen LogP contribution in [0.15, 0.2) is 29.6 Å². The molecule has 0 atom stereocenters. The molecule has 2 aromatic rings. The van der Waals surface area contributed by atoms with Gasteiger partial charge in [-0.2, -0.15) is 0 Å². The van der Waals surface area contributed by atoms with Crippen LogP contribution < -0.4 is 20.1 Å². The van der Waals surface area contributed by atoms with Crippen LogP contribution in [-0.2, 0) is 16.0 Å². The maximum Gasteiger partial charge on any atom is 0.229 e. The van der Waals surface area contributed by atoms with Gasteiger partial charge in [0.05, 0.1) is 31.0 Å². The van der Waals surface area contributed by atoms with Crippen molar-refractivity contribution in [1.29, 1.82) is 0 Å². The van der Waals surface area contributed by atoms with Crippen LogP contribution in [0.5, 0.6) is 11.5 Å². The molecule has 25 heavy (non-hydrogen) atoms. The zero-order valence-corrected chi connectivity index (χ0v) is 15.4. The molecule has 7 heteroatoms. The van der Waals surface area contributed by atoms with E-state index in [1.807, 2.05) is 31.4 Å². The van der Waals surface area contributed by atoms with E-state index < -0.39 is 0 Å². The summed E-state index contributed by atoms with van der Waals surface area (Å²) in [5.74, 6) is 0.609. The van der Waals surface area contributed by atoms with E-state index in [9.17, 15) is 9.59 Å². The molecule has 0 aliphatic rings. The third kappa shape index (κ3) is 5.49. The highest BCUT2D eigenvalue weighted by Crippen LogP contribution is 2.37. The number of rotatable bonds is 8. The number of amides is 2. The summed E-state index contributed by atoms with van der Waals surface area (Å²) in [6, 6.07) is 7.16. The number of hydrogen-bond donors (Lipinski definition) is 2. The van der Waals surface area contributed by atoms with Gasteiger partial charge in [0.1, 0.15) is 11.5 Å². The van der Waals surface area contributed by atoms with E-state index >= 15 is 0 Å². The Hall–Kier alpha value is -2.54. The zero-order chi connectivity index (χ0) is 18.2. The van der Waals surface area contributed by atoms with Crippen LogP contribution in [0.3, 0.4) is 0 Å². The second-order valence-corrected chi connectivity index (χ2v) is 6.23. The predicted molar refractivity (Wildman–Crippen MR) is 99.7 cm³/mol. The van der Waals surface area contributed by atoms with Crippen LogP contribution in [-0.4, -0.2) is 25.0 Å². The molecule has 0 saturated carbocycles. The highest BCUT2D eigenvalue weighted by Gasteiger charge is 2.15. The van der Waals surface area contributed by atoms with Gasteiger partial charge in [0.15, 0.2) is 0 Å². The van der Waals surface area contributed by atoms with Gasteiger partial charge >= 0.3 is 0 Å². The number of nitrogens with one attached hydrogen (secondary N) is 2. The Bertz CT molecular complexity index is 729. The fourth-order valence-corrected chi connectivity index (χ4v) is 2.96. The average molecular weight is 362 g/mol. The van der Waals surface area contributed by atoms with Gasteiger partial charge in [-0.3, -0.25) is 9.59 Å². The Kier molecular flexibility index (Phi) is 6.82. The van der Waals surface area contributed by atoms with Gasteiger partial charge in [-0.05, 0) is 25.3 Å². The standard InChI is InChI=1S/C18H22N2O4S/c1-4-23-16-11-15(20-18(22)9-13-7-6-8-25-13)17(24-5-2)10-14(16)19-12(3)21/h6-8,10-11H,4-5,9H2,1-3H3,(H,19,21)(H,20,22). The first-order valence-electron chi connectivity index (χ1n) is 8.07. The van der Waals surface area contributed by atoms with Crippen LogP contribution in [0.1, 0.15) is 25.6 Å². The number of hydrogen-bond acceptors (Lipinski definition) is 5. The van der Waals surface area contributed by atoms with Crippen molar-refractivity contribution in [1.82, 2.24) is 0 Å². The number of anilines is 2. The van der Waals surface area contributed by atoms with Crippen molar-refractivity contribution < 1.29 is 19.1 Å². The van der Waals surface area contributed by atoms with Crippen LogP contribution in [0.4, 0.5) is 11.4 Å². The Labute approximate surface area is 151 Å². The number of carbonyl (C=O) groups excluding carboxylic acids is 2. The molecule has 0 bridgehead atoms. The first-order chi connectivity index (χ1) is 12.0. The van der Waals surface area contributed by atoms with Crippen LogP contribution in [0.25, 0.3) is 0 Å². The molecule has 134 valence electrons. The Morgan fingerprint density at radius 1 is 1.04 bits per heavy atom. The maximum atomic E-state index is 12.3. The first-order valence-corrected chi connectivity index (χ1v) is 8.94. The second-order valence-electron chi connectivity index (χ2n) is 5.20. The van der Waals surface area contributed by atoms with E-state index in [1.165, 1.54) is 18.3 Å². The van der Waals surface area contributed by atoms with Crippen LogP contribution >= 0.6 is 11.3 Å². The van der Waals surface area contributed by atoms with Crippen molar-refractivity contribution in [3.05, 3.63) is 34.5 Å². The fraction of sp³-hybridized carbons (Fsp3) is 0.333. The Balaban J connectivity index is 2.28. The lowest BCUT2D eigenvalue weighted by Crippen LogP contribution is -2.15. The third-order valence-corrected chi connectivity index (χ3v) is 4.06. The zero-order valence-electron chi connectivity index (χ0n) is 14.5. The molecular weight excluding hydrogens is 340 g/mol. The summed E-state index contributed by atoms with van der Waals surface area (Å²) < 4.78 is 11.2. The molecule has 0 aliphatic heterocycles. The summed E-state index contributed by atoms with van der Waals surface area (Å²) in [6.07, 6.45) is 0.292. The molecule has 6 nitrogen and oxygen atoms in total. The van der Waals surface area contributed by atoms with Gasteiger partial charge in [0, 0.05) is 23.9 Å². The summed E-state index contributed by atoms with van der Waals surface area (Å²) >= 11 is 1.53. The molecule has 0 saturated heterocycles. The van der Waals surface area contributed by atoms with E-state index in [0.29, 0.717) is 42.5 Å². The van der Waals surface area contributed by atoms with Gasteiger partial charge in [-0.1, -0.05) is 6.07 Å². The summed E-state index contributed by atoms with van der Waals surface area (Å²) in [5.41, 5.74) is 1.02. The average Bonchev–Trinajstić information content (AvgIpc) is 3.04. The lowest BCUT2D eigenvalue weighted by molar-refractivity contribution is -0.116. The van der Waals surface area contributed by atoms with E-state index in [0.717, 1.165) is 4.88 Å². The summed E-state index contributed by atoms with van der Waals surface area (Å²) in [5, 5.41) is 7.52. The molecule has 0 radical (unpaired) electrons. The molecule has 0 aliphatic carbocycles. The summed E-state index contributed by atoms with van der Waals surface area (Å²) in [7, 11) is 0. The molecule has 2 rings (SSSR count). The quantitative estimate of drug-likeness (QED) is 0.751. The smallest absolute Gasteiger partial charge is 0.229 e. The molecular formula is C18H22N2O4S. The van der Waals surface area contributed by atoms with Crippen molar-refractivity contribution in [3.63, 3.8) is 0 Å². The molecule has 0 unspecified atom stereocenters. The minimum atomic E-state index is -0.210. The second kappa shape index (κ2) is 9.08. The Morgan fingerprint density at radius 3 is 2.12 bits per heavy atom. The van der Waals surface area contributed by atoms with E-state index in [4.69, 9.17) is 9.47 Å². The highest BCUT2D eigenvalue weighted by atomic mass is 32.1. The highest BCUT2D eigenvalue weighted by molar-refractivity contribution is 7.10. The van der Waals surface area contributed by atoms with Crippen molar-refractivity contribution in [2.75, 3.05) is 23.8 Å². The largest absolute Gasteiger partial charge is 0.492 e. The van der Waals surface area contributed by atoms with E-state index in [2.05, 4.69) is 10.6 Å². The van der Waals surface area contributed by atoms with Crippen molar-refractivity contribution in [2.45, 2.75) is 27.2 Å². The molecule has 1 aromatic carbocycles. The topological polar surface area (TPSA) is 76.7 Å². The molecule has 2 N–H and O–H groups in total. The SMILES string of the molecule is CCOc1cc(NC(=O)Cc2cccs2)c(OCC)cc1NC(C)=O. The third-order valence-electron chi connectivity index (χ3n) is 3.18. The minimum Gasteiger partial charge on any atom is -0.492 e. The van der Waals surface area contributed by atoms with Gasteiger partial charge in [0.2, 0.25) is 11.8 Å². The van der Waals surface area contributed by atoms with Crippen molar-refractivity contribution >= 4 is 34.5 Å². The monoisotopic (exact) mass is 362 g/mol. The number of benzene rings is 1. The van der Waals surface area contributed by atoms with Gasteiger partial charge in [-0.25, -0.2) is 0 Å². The van der Waals surface area contributed by atoms with Gasteiger partial charge in [0.25, 0.3) is 0 Å². The number of ether oxygens (including phenoxy) is 2. The van der Waals surface area contributed by atoms with Gasteiger partial charge < -0.3 is 20.1 Å². The fourth-order valence-electron chi connectivity index (χ4n) is 2.26. The molecule has 2 amide bonds. The Morgan fingerprint density at radius 2 is 1.64 bits per heavy atom. The lowest BCUT2D eigenvalue weighted by atomic mass is 10.2. The van der Waals surface area contributed by atoms with Crippen LogP contribution in [0, 0.1) is 0 Å². The first kappa shape index (κ1) is 18.8. The lowest BCUT2D eigenvalue weighted by Gasteiger charge is -2.17. The predicted octanol–water partition coefficient (Wildman–Crippen LogP) is 3.69. The molecule has 0 fully saturated rings. The molecule has 1 heterocycles. The van der Waals surface area contributed by atoms with Crippen molar-refractivity contribution in [3.8, 4) is 11.5 Å². The van der Waals surface area contributed by atoms with Crippen molar-refractivity contribution in [2.24, 2.45) is 0 Å². The maximum absolute atomic E-state index is 12.3. The van der Waals surface area contributed by atoms with E-state index in [1.54, 1.807) is 12.1 Å². The van der Waals surface area contributed by atoms with Crippen LogP contribution in [0.2, 0.25) is 0 Å².